The van der Waals surface area contributed by atoms with Crippen LogP contribution < -0.4 is 9.46 Å². The van der Waals surface area contributed by atoms with Crippen LogP contribution in [-0.2, 0) is 16.6 Å². The zero-order valence-corrected chi connectivity index (χ0v) is 19.2. The third-order valence-electron chi connectivity index (χ3n) is 4.61. The van der Waals surface area contributed by atoms with E-state index in [1.54, 1.807) is 31.3 Å². The number of imidazole rings is 1. The van der Waals surface area contributed by atoms with Gasteiger partial charge >= 0.3 is 6.01 Å². The second-order valence-electron chi connectivity index (χ2n) is 6.88. The van der Waals surface area contributed by atoms with Crippen LogP contribution in [0.1, 0.15) is 36.7 Å². The molecule has 0 radical (unpaired) electrons. The van der Waals surface area contributed by atoms with E-state index in [4.69, 9.17) is 4.74 Å². The van der Waals surface area contributed by atoms with Crippen molar-refractivity contribution in [1.29, 1.82) is 0 Å². The van der Waals surface area contributed by atoms with E-state index in [0.717, 1.165) is 21.3 Å². The molecule has 0 saturated carbocycles. The number of halogens is 1. The van der Waals surface area contributed by atoms with Gasteiger partial charge < -0.3 is 4.74 Å². The molecule has 0 spiro atoms. The summed E-state index contributed by atoms with van der Waals surface area (Å²) in [5.41, 5.74) is 2.73. The molecule has 0 aliphatic heterocycles. The van der Waals surface area contributed by atoms with Gasteiger partial charge in [-0.3, -0.25) is 4.57 Å². The van der Waals surface area contributed by atoms with Crippen molar-refractivity contribution in [2.45, 2.75) is 45.2 Å². The van der Waals surface area contributed by atoms with E-state index >= 15 is 0 Å². The average Bonchev–Trinajstić information content (AvgIpc) is 3.08. The van der Waals surface area contributed by atoms with Crippen LogP contribution in [0, 0.1) is 13.8 Å². The molecule has 2 aromatic carbocycles. The molecule has 1 heterocycles. The Morgan fingerprint density at radius 3 is 2.48 bits per heavy atom. The van der Waals surface area contributed by atoms with Gasteiger partial charge in [0.05, 0.1) is 22.8 Å². The summed E-state index contributed by atoms with van der Waals surface area (Å²) in [6, 6.07) is 12.6. The maximum atomic E-state index is 12.8. The van der Waals surface area contributed by atoms with E-state index in [2.05, 4.69) is 25.6 Å². The van der Waals surface area contributed by atoms with Gasteiger partial charge in [-0.25, -0.2) is 18.1 Å². The molecule has 0 amide bonds. The number of rotatable bonds is 7. The fourth-order valence-corrected chi connectivity index (χ4v) is 4.52. The summed E-state index contributed by atoms with van der Waals surface area (Å²) in [5.74, 6) is 0.682. The molecule has 154 valence electrons. The third kappa shape index (κ3) is 4.88. The van der Waals surface area contributed by atoms with Gasteiger partial charge in [-0.05, 0) is 63.6 Å². The van der Waals surface area contributed by atoms with Crippen molar-refractivity contribution in [2.24, 2.45) is 0 Å². The van der Waals surface area contributed by atoms with Gasteiger partial charge in [-0.1, -0.05) is 33.6 Å². The van der Waals surface area contributed by atoms with Crippen molar-refractivity contribution >= 4 is 26.0 Å². The number of nitrogens with zero attached hydrogens (tertiary/aromatic N) is 2. The van der Waals surface area contributed by atoms with Gasteiger partial charge in [0, 0.05) is 11.0 Å². The highest BCUT2D eigenvalue weighted by atomic mass is 79.9. The molecule has 8 heteroatoms. The van der Waals surface area contributed by atoms with Crippen LogP contribution in [0.15, 0.2) is 58.0 Å². The maximum absolute atomic E-state index is 12.8. The minimum Gasteiger partial charge on any atom is -0.426 e. The molecule has 0 fully saturated rings. The molecule has 1 N–H and O–H groups in total. The number of benzene rings is 2. The second-order valence-corrected chi connectivity index (χ2v) is 9.45. The van der Waals surface area contributed by atoms with Crippen LogP contribution in [0.2, 0.25) is 0 Å². The number of aromatic nitrogens is 2. The third-order valence-corrected chi connectivity index (χ3v) is 7.04. The summed E-state index contributed by atoms with van der Waals surface area (Å²) in [5, 5.41) is 0. The number of hydrogen-bond donors (Lipinski definition) is 1. The van der Waals surface area contributed by atoms with Crippen LogP contribution in [0.25, 0.3) is 0 Å². The normalized spacial score (nSPS) is 12.7. The zero-order chi connectivity index (χ0) is 21.2. The minimum absolute atomic E-state index is 0.226. The van der Waals surface area contributed by atoms with Gasteiger partial charge in [0.2, 0.25) is 10.0 Å². The highest BCUT2D eigenvalue weighted by Gasteiger charge is 2.23. The summed E-state index contributed by atoms with van der Waals surface area (Å²) in [6.07, 6.45) is 1.65. The van der Waals surface area contributed by atoms with Gasteiger partial charge in [0.25, 0.3) is 0 Å². The Bertz CT molecular complexity index is 1110. The predicted octanol–water partition coefficient (Wildman–Crippen LogP) is 5.11. The van der Waals surface area contributed by atoms with Gasteiger partial charge in [-0.2, -0.15) is 0 Å². The summed E-state index contributed by atoms with van der Waals surface area (Å²) in [4.78, 5) is 4.58. The lowest BCUT2D eigenvalue weighted by atomic mass is 10.2. The van der Waals surface area contributed by atoms with E-state index in [0.29, 0.717) is 18.3 Å². The van der Waals surface area contributed by atoms with Crippen molar-refractivity contribution < 1.29 is 13.2 Å². The van der Waals surface area contributed by atoms with Crippen LogP contribution in [0.4, 0.5) is 0 Å². The van der Waals surface area contributed by atoms with E-state index in [1.807, 2.05) is 49.6 Å². The average molecular weight is 478 g/mol. The number of ether oxygens (including phenoxy) is 1. The SMILES string of the molecule is CCn1c(C(C)NS(=O)(=O)c2ccc(Br)c(C)c2)cnc1Oc1ccc(C)cc1. The molecule has 29 heavy (non-hydrogen) atoms. The van der Waals surface area contributed by atoms with Gasteiger partial charge in [0.15, 0.2) is 0 Å². The van der Waals surface area contributed by atoms with Crippen LogP contribution in [-0.4, -0.2) is 18.0 Å². The first-order valence-electron chi connectivity index (χ1n) is 9.29. The second kappa shape index (κ2) is 8.69. The van der Waals surface area contributed by atoms with Crippen molar-refractivity contribution in [3.8, 4) is 11.8 Å². The van der Waals surface area contributed by atoms with Crippen molar-refractivity contribution in [1.82, 2.24) is 14.3 Å². The summed E-state index contributed by atoms with van der Waals surface area (Å²) >= 11 is 3.40. The zero-order valence-electron chi connectivity index (χ0n) is 16.8. The Morgan fingerprint density at radius 1 is 1.17 bits per heavy atom. The Balaban J connectivity index is 1.83. The topological polar surface area (TPSA) is 73.2 Å². The maximum Gasteiger partial charge on any atom is 0.302 e. The first kappa shape index (κ1) is 21.5. The molecule has 1 atom stereocenters. The molecule has 3 rings (SSSR count). The highest BCUT2D eigenvalue weighted by molar-refractivity contribution is 9.10. The number of nitrogens with one attached hydrogen (secondary N) is 1. The number of hydrogen-bond acceptors (Lipinski definition) is 4. The molecule has 0 aliphatic rings. The quantitative estimate of drug-likeness (QED) is 0.512. The van der Waals surface area contributed by atoms with E-state index < -0.39 is 16.1 Å². The lowest BCUT2D eigenvalue weighted by Gasteiger charge is -2.17. The Hall–Kier alpha value is -2.16. The van der Waals surface area contributed by atoms with Gasteiger partial charge in [-0.15, -0.1) is 0 Å². The number of aryl methyl sites for hydroxylation is 2. The molecular weight excluding hydrogens is 454 g/mol. The molecule has 0 bridgehead atoms. The summed E-state index contributed by atoms with van der Waals surface area (Å²) < 4.78 is 37.0. The Morgan fingerprint density at radius 2 is 1.86 bits per heavy atom. The first-order valence-corrected chi connectivity index (χ1v) is 11.6. The summed E-state index contributed by atoms with van der Waals surface area (Å²) in [7, 11) is -3.68. The molecule has 1 unspecified atom stereocenters. The van der Waals surface area contributed by atoms with E-state index in [-0.39, 0.29) is 4.90 Å². The first-order chi connectivity index (χ1) is 13.7. The van der Waals surface area contributed by atoms with Crippen LogP contribution >= 0.6 is 15.9 Å². The smallest absolute Gasteiger partial charge is 0.302 e. The minimum atomic E-state index is -3.68. The lowest BCUT2D eigenvalue weighted by Crippen LogP contribution is -2.28. The van der Waals surface area contributed by atoms with Crippen molar-refractivity contribution in [2.75, 3.05) is 0 Å². The highest BCUT2D eigenvalue weighted by Crippen LogP contribution is 2.26. The fourth-order valence-electron chi connectivity index (χ4n) is 2.97. The monoisotopic (exact) mass is 477 g/mol. The van der Waals surface area contributed by atoms with E-state index in [9.17, 15) is 8.42 Å². The van der Waals surface area contributed by atoms with Crippen molar-refractivity contribution in [3.63, 3.8) is 0 Å². The molecule has 0 saturated heterocycles. The lowest BCUT2D eigenvalue weighted by molar-refractivity contribution is 0.408. The van der Waals surface area contributed by atoms with Crippen LogP contribution in [0.3, 0.4) is 0 Å². The number of sulfonamides is 1. The van der Waals surface area contributed by atoms with Gasteiger partial charge in [0.1, 0.15) is 5.75 Å². The molecule has 6 nitrogen and oxygen atoms in total. The fraction of sp³-hybridized carbons (Fsp3) is 0.286. The molecular formula is C21H24BrN3O3S. The van der Waals surface area contributed by atoms with Crippen molar-refractivity contribution in [3.05, 3.63) is 70.0 Å². The molecule has 1 aromatic heterocycles. The molecule has 3 aromatic rings. The van der Waals surface area contributed by atoms with Crippen LogP contribution in [0.5, 0.6) is 11.8 Å². The Kier molecular flexibility index (Phi) is 6.45. The van der Waals surface area contributed by atoms with E-state index in [1.165, 1.54) is 0 Å². The summed E-state index contributed by atoms with van der Waals surface area (Å²) in [6.45, 7) is 8.22. The largest absolute Gasteiger partial charge is 0.426 e. The standard InChI is InChI=1S/C21H24BrN3O3S/c1-5-25-20(13-23-21(25)28-17-8-6-14(2)7-9-17)16(4)24-29(26,27)18-10-11-19(22)15(3)12-18/h6-13,16,24H,5H2,1-4H3. The Labute approximate surface area is 180 Å². The molecule has 0 aliphatic carbocycles. The predicted molar refractivity (Wildman–Crippen MR) is 117 cm³/mol.